The molecule has 0 aromatic carbocycles. The van der Waals surface area contributed by atoms with Crippen LogP contribution in [0.1, 0.15) is 30.7 Å². The molecular formula is C12H18BrN3O. The second kappa shape index (κ2) is 4.90. The lowest BCUT2D eigenvalue weighted by Gasteiger charge is -2.09. The molecule has 5 heteroatoms. The van der Waals surface area contributed by atoms with Gasteiger partial charge in [-0.2, -0.15) is 5.10 Å². The van der Waals surface area contributed by atoms with Crippen LogP contribution in [-0.2, 0) is 18.3 Å². The summed E-state index contributed by atoms with van der Waals surface area (Å²) in [5.74, 6) is 0.781. The maximum Gasteiger partial charge on any atom is 0.140 e. The molecule has 1 unspecified atom stereocenters. The van der Waals surface area contributed by atoms with Crippen LogP contribution < -0.4 is 5.73 Å². The molecule has 4 nitrogen and oxygen atoms in total. The van der Waals surface area contributed by atoms with Crippen LogP contribution in [0.5, 0.6) is 0 Å². The van der Waals surface area contributed by atoms with Crippen LogP contribution in [0.15, 0.2) is 4.47 Å². The molecule has 2 N–H and O–H groups in total. The number of carbonyl (C=O) groups is 1. The topological polar surface area (TPSA) is 60.9 Å². The molecule has 17 heavy (non-hydrogen) atoms. The van der Waals surface area contributed by atoms with Crippen molar-refractivity contribution in [3.63, 3.8) is 0 Å². The number of Topliss-reactive ketones (excluding diaryl/α,β-unsaturated/α-hetero) is 1. The van der Waals surface area contributed by atoms with E-state index in [2.05, 4.69) is 21.0 Å². The summed E-state index contributed by atoms with van der Waals surface area (Å²) in [6.45, 7) is 1.92. The van der Waals surface area contributed by atoms with Crippen molar-refractivity contribution < 1.29 is 4.79 Å². The summed E-state index contributed by atoms with van der Waals surface area (Å²) >= 11 is 3.47. The van der Waals surface area contributed by atoms with Gasteiger partial charge < -0.3 is 5.73 Å². The van der Waals surface area contributed by atoms with Gasteiger partial charge in [0.2, 0.25) is 0 Å². The Bertz CT molecular complexity index is 437. The Morgan fingerprint density at radius 3 is 2.76 bits per heavy atom. The predicted molar refractivity (Wildman–Crippen MR) is 69.7 cm³/mol. The van der Waals surface area contributed by atoms with E-state index in [1.54, 1.807) is 4.68 Å². The summed E-state index contributed by atoms with van der Waals surface area (Å²) in [6.07, 6.45) is 3.27. The fourth-order valence-electron chi connectivity index (χ4n) is 2.09. The summed E-state index contributed by atoms with van der Waals surface area (Å²) in [6, 6.07) is 0.0515. The van der Waals surface area contributed by atoms with E-state index < -0.39 is 0 Å². The predicted octanol–water partition coefficient (Wildman–Crippen LogP) is 1.73. The van der Waals surface area contributed by atoms with Gasteiger partial charge in [-0.1, -0.05) is 0 Å². The normalized spacial score (nSPS) is 17.2. The third-order valence-corrected chi connectivity index (χ3v) is 4.35. The number of hydrogen-bond acceptors (Lipinski definition) is 3. The number of nitrogens with two attached hydrogens (primary N) is 1. The minimum atomic E-state index is 0.0515. The highest BCUT2D eigenvalue weighted by Gasteiger charge is 2.30. The van der Waals surface area contributed by atoms with Gasteiger partial charge in [-0.25, -0.2) is 0 Å². The van der Waals surface area contributed by atoms with Crippen LogP contribution in [0.25, 0.3) is 0 Å². The fraction of sp³-hybridized carbons (Fsp3) is 0.667. The Morgan fingerprint density at radius 1 is 1.65 bits per heavy atom. The molecule has 1 atom stereocenters. The van der Waals surface area contributed by atoms with E-state index in [0.29, 0.717) is 18.8 Å². The SMILES string of the molecule is Cc1nn(C)c(CC(=O)CC(N)C2CC2)c1Br. The second-order valence-corrected chi connectivity index (χ2v) is 5.68. The lowest BCUT2D eigenvalue weighted by atomic mass is 10.0. The number of aromatic nitrogens is 2. The van der Waals surface area contributed by atoms with Crippen molar-refractivity contribution in [1.82, 2.24) is 9.78 Å². The largest absolute Gasteiger partial charge is 0.327 e. The number of ketones is 1. The van der Waals surface area contributed by atoms with E-state index in [1.165, 1.54) is 12.8 Å². The Labute approximate surface area is 110 Å². The summed E-state index contributed by atoms with van der Waals surface area (Å²) in [7, 11) is 1.86. The first kappa shape index (κ1) is 12.8. The zero-order chi connectivity index (χ0) is 12.6. The molecular weight excluding hydrogens is 282 g/mol. The highest BCUT2D eigenvalue weighted by atomic mass is 79.9. The van der Waals surface area contributed by atoms with Crippen molar-refractivity contribution in [1.29, 1.82) is 0 Å². The van der Waals surface area contributed by atoms with Crippen molar-refractivity contribution in [2.45, 2.75) is 38.6 Å². The van der Waals surface area contributed by atoms with Gasteiger partial charge in [-0.3, -0.25) is 9.48 Å². The molecule has 0 aliphatic heterocycles. The lowest BCUT2D eigenvalue weighted by Crippen LogP contribution is -2.27. The zero-order valence-electron chi connectivity index (χ0n) is 10.2. The Kier molecular flexibility index (Phi) is 3.68. The van der Waals surface area contributed by atoms with Gasteiger partial charge in [-0.15, -0.1) is 0 Å². The quantitative estimate of drug-likeness (QED) is 0.901. The van der Waals surface area contributed by atoms with Crippen molar-refractivity contribution in [3.8, 4) is 0 Å². The van der Waals surface area contributed by atoms with Gasteiger partial charge in [0, 0.05) is 25.9 Å². The van der Waals surface area contributed by atoms with E-state index in [4.69, 9.17) is 5.73 Å². The Hall–Kier alpha value is -0.680. The third kappa shape index (κ3) is 2.96. The highest BCUT2D eigenvalue weighted by Crippen LogP contribution is 2.33. The molecule has 0 spiro atoms. The van der Waals surface area contributed by atoms with Gasteiger partial charge in [0.25, 0.3) is 0 Å². The molecule has 1 fully saturated rings. The monoisotopic (exact) mass is 299 g/mol. The third-order valence-electron chi connectivity index (χ3n) is 3.32. The number of carbonyl (C=O) groups excluding carboxylic acids is 1. The van der Waals surface area contributed by atoms with Crippen LogP contribution >= 0.6 is 15.9 Å². The van der Waals surface area contributed by atoms with Crippen LogP contribution in [0.2, 0.25) is 0 Å². The molecule has 1 aliphatic rings. The molecule has 0 saturated heterocycles. The number of aryl methyl sites for hydroxylation is 2. The highest BCUT2D eigenvalue weighted by molar-refractivity contribution is 9.10. The minimum Gasteiger partial charge on any atom is -0.327 e. The first-order valence-corrected chi connectivity index (χ1v) is 6.73. The lowest BCUT2D eigenvalue weighted by molar-refractivity contribution is -0.118. The minimum absolute atomic E-state index is 0.0515. The van der Waals surface area contributed by atoms with Crippen LogP contribution in [0.4, 0.5) is 0 Å². The molecule has 1 heterocycles. The van der Waals surface area contributed by atoms with Gasteiger partial charge in [0.1, 0.15) is 5.78 Å². The molecule has 0 radical (unpaired) electrons. The van der Waals surface area contributed by atoms with E-state index in [0.717, 1.165) is 15.9 Å². The number of rotatable bonds is 5. The number of halogens is 1. The van der Waals surface area contributed by atoms with E-state index in [-0.39, 0.29) is 11.8 Å². The van der Waals surface area contributed by atoms with Crippen LogP contribution in [0.3, 0.4) is 0 Å². The van der Waals surface area contributed by atoms with Gasteiger partial charge >= 0.3 is 0 Å². The molecule has 0 amide bonds. The standard InChI is InChI=1S/C12H18BrN3O/c1-7-12(13)11(16(2)15-7)6-9(17)5-10(14)8-3-4-8/h8,10H,3-6,14H2,1-2H3. The molecule has 94 valence electrons. The Morgan fingerprint density at radius 2 is 2.29 bits per heavy atom. The molecule has 1 aromatic rings. The van der Waals surface area contributed by atoms with Gasteiger partial charge in [0.15, 0.2) is 0 Å². The van der Waals surface area contributed by atoms with Gasteiger partial charge in [-0.05, 0) is 41.6 Å². The van der Waals surface area contributed by atoms with Crippen molar-refractivity contribution in [3.05, 3.63) is 15.9 Å². The van der Waals surface area contributed by atoms with Crippen LogP contribution in [0, 0.1) is 12.8 Å². The van der Waals surface area contributed by atoms with Crippen molar-refractivity contribution >= 4 is 21.7 Å². The maximum atomic E-state index is 11.9. The average Bonchev–Trinajstić information content (AvgIpc) is 3.04. The second-order valence-electron chi connectivity index (χ2n) is 4.89. The first-order chi connectivity index (χ1) is 7.99. The summed E-state index contributed by atoms with van der Waals surface area (Å²) in [5, 5.41) is 4.28. The molecule has 1 aliphatic carbocycles. The zero-order valence-corrected chi connectivity index (χ0v) is 11.8. The molecule has 1 aromatic heterocycles. The van der Waals surface area contributed by atoms with Gasteiger partial charge in [0.05, 0.1) is 15.9 Å². The van der Waals surface area contributed by atoms with E-state index in [1.807, 2.05) is 14.0 Å². The maximum absolute atomic E-state index is 11.9. The summed E-state index contributed by atoms with van der Waals surface area (Å²) in [5.41, 5.74) is 7.82. The van der Waals surface area contributed by atoms with E-state index in [9.17, 15) is 4.79 Å². The first-order valence-electron chi connectivity index (χ1n) is 5.94. The molecule has 2 rings (SSSR count). The Balaban J connectivity index is 1.97. The number of hydrogen-bond donors (Lipinski definition) is 1. The average molecular weight is 300 g/mol. The molecule has 0 bridgehead atoms. The smallest absolute Gasteiger partial charge is 0.140 e. The fourth-order valence-corrected chi connectivity index (χ4v) is 2.56. The van der Waals surface area contributed by atoms with Crippen molar-refractivity contribution in [2.75, 3.05) is 0 Å². The summed E-state index contributed by atoms with van der Waals surface area (Å²) < 4.78 is 2.70. The van der Waals surface area contributed by atoms with Crippen LogP contribution in [-0.4, -0.2) is 21.6 Å². The number of nitrogens with zero attached hydrogens (tertiary/aromatic N) is 2. The van der Waals surface area contributed by atoms with E-state index >= 15 is 0 Å². The summed E-state index contributed by atoms with van der Waals surface area (Å²) in [4.78, 5) is 11.9. The molecule has 1 saturated carbocycles. The van der Waals surface area contributed by atoms with Crippen molar-refractivity contribution in [2.24, 2.45) is 18.7 Å².